The van der Waals surface area contributed by atoms with E-state index in [4.69, 9.17) is 4.74 Å². The lowest BCUT2D eigenvalue weighted by Gasteiger charge is -2.19. The molecule has 0 aliphatic heterocycles. The molecule has 178 valence electrons. The lowest BCUT2D eigenvalue weighted by atomic mass is 10.1. The van der Waals surface area contributed by atoms with E-state index in [1.807, 2.05) is 6.07 Å². The van der Waals surface area contributed by atoms with Crippen molar-refractivity contribution >= 4 is 33.2 Å². The van der Waals surface area contributed by atoms with E-state index >= 15 is 0 Å². The number of hydrogen-bond donors (Lipinski definition) is 2. The zero-order chi connectivity index (χ0) is 24.7. The second-order valence-electron chi connectivity index (χ2n) is 7.56. The van der Waals surface area contributed by atoms with Gasteiger partial charge in [0.05, 0.1) is 23.2 Å². The van der Waals surface area contributed by atoms with Gasteiger partial charge in [0.2, 0.25) is 10.0 Å². The summed E-state index contributed by atoms with van der Waals surface area (Å²) in [5, 5.41) is 5.55. The van der Waals surface area contributed by atoms with E-state index in [9.17, 15) is 18.0 Å². The first-order valence-electron chi connectivity index (χ1n) is 10.4. The summed E-state index contributed by atoms with van der Waals surface area (Å²) in [7, 11) is -1.93. The van der Waals surface area contributed by atoms with Gasteiger partial charge in [0.15, 0.2) is 6.10 Å². The second kappa shape index (κ2) is 10.8. The number of benzene rings is 2. The van der Waals surface area contributed by atoms with E-state index in [-0.39, 0.29) is 5.91 Å². The predicted octanol–water partition coefficient (Wildman–Crippen LogP) is 2.81. The molecule has 0 fully saturated rings. The Hall–Kier alpha value is -3.92. The maximum Gasteiger partial charge on any atom is 0.265 e. The molecule has 34 heavy (non-hydrogen) atoms. The summed E-state index contributed by atoms with van der Waals surface area (Å²) in [6, 6.07) is 16.7. The summed E-state index contributed by atoms with van der Waals surface area (Å²) in [4.78, 5) is 29.4. The molecule has 2 amide bonds. The number of sulfonamides is 1. The zero-order valence-corrected chi connectivity index (χ0v) is 19.9. The molecule has 1 unspecified atom stereocenters. The van der Waals surface area contributed by atoms with E-state index in [0.29, 0.717) is 29.2 Å². The Morgan fingerprint density at radius 3 is 2.41 bits per heavy atom. The monoisotopic (exact) mass is 482 g/mol. The molecule has 10 heteroatoms. The molecule has 1 heterocycles. The molecule has 2 aromatic carbocycles. The number of pyridine rings is 1. The number of nitrogens with zero attached hydrogens (tertiary/aromatic N) is 2. The lowest BCUT2D eigenvalue weighted by Crippen LogP contribution is -2.31. The summed E-state index contributed by atoms with van der Waals surface area (Å²) in [5.41, 5.74) is 2.00. The average molecular weight is 483 g/mol. The highest BCUT2D eigenvalue weighted by molar-refractivity contribution is 7.92. The van der Waals surface area contributed by atoms with Crippen molar-refractivity contribution in [2.75, 3.05) is 22.9 Å². The smallest absolute Gasteiger partial charge is 0.265 e. The summed E-state index contributed by atoms with van der Waals surface area (Å²) in [6.45, 7) is 1.88. The quantitative estimate of drug-likeness (QED) is 0.484. The van der Waals surface area contributed by atoms with E-state index in [2.05, 4.69) is 15.6 Å². The van der Waals surface area contributed by atoms with Gasteiger partial charge in [0.1, 0.15) is 5.75 Å². The number of rotatable bonds is 9. The first-order valence-corrected chi connectivity index (χ1v) is 12.3. The largest absolute Gasteiger partial charge is 0.481 e. The molecule has 0 spiro atoms. The van der Waals surface area contributed by atoms with Crippen LogP contribution in [0.25, 0.3) is 0 Å². The minimum Gasteiger partial charge on any atom is -0.481 e. The number of ether oxygens (including phenoxy) is 1. The van der Waals surface area contributed by atoms with Gasteiger partial charge in [0, 0.05) is 26.0 Å². The van der Waals surface area contributed by atoms with Crippen molar-refractivity contribution in [3.63, 3.8) is 0 Å². The standard InChI is InChI=1S/C24H26N4O5S/c1-17(33-20-12-10-19(11-13-20)28(2)34(3,31)32)23(29)27-22-9-5-4-8-21(22)24(30)26-16-18-7-6-14-25-15-18/h4-15,17H,16H2,1-3H3,(H,26,30)(H,27,29). The van der Waals surface area contributed by atoms with Crippen LogP contribution in [0.2, 0.25) is 0 Å². The topological polar surface area (TPSA) is 118 Å². The Morgan fingerprint density at radius 1 is 1.06 bits per heavy atom. The minimum atomic E-state index is -3.38. The van der Waals surface area contributed by atoms with Gasteiger partial charge in [-0.05, 0) is 55.0 Å². The summed E-state index contributed by atoms with van der Waals surface area (Å²) in [5.74, 6) is -0.375. The molecule has 0 saturated heterocycles. The highest BCUT2D eigenvalue weighted by Gasteiger charge is 2.19. The lowest BCUT2D eigenvalue weighted by molar-refractivity contribution is -0.122. The van der Waals surface area contributed by atoms with Crippen LogP contribution in [0.1, 0.15) is 22.8 Å². The van der Waals surface area contributed by atoms with Gasteiger partial charge in [-0.25, -0.2) is 8.42 Å². The van der Waals surface area contributed by atoms with E-state index in [0.717, 1.165) is 16.1 Å². The number of para-hydroxylation sites is 1. The van der Waals surface area contributed by atoms with E-state index in [1.54, 1.807) is 73.9 Å². The Morgan fingerprint density at radius 2 is 1.76 bits per heavy atom. The highest BCUT2D eigenvalue weighted by Crippen LogP contribution is 2.22. The Labute approximate surface area is 198 Å². The van der Waals surface area contributed by atoms with Gasteiger partial charge in [-0.2, -0.15) is 0 Å². The summed E-state index contributed by atoms with van der Waals surface area (Å²) < 4.78 is 30.1. The maximum atomic E-state index is 12.7. The summed E-state index contributed by atoms with van der Waals surface area (Å²) in [6.07, 6.45) is 3.56. The van der Waals surface area contributed by atoms with Gasteiger partial charge >= 0.3 is 0 Å². The first-order chi connectivity index (χ1) is 16.1. The molecule has 0 aliphatic carbocycles. The van der Waals surface area contributed by atoms with Crippen LogP contribution in [0, 0.1) is 0 Å². The van der Waals surface area contributed by atoms with Crippen molar-refractivity contribution in [1.82, 2.24) is 10.3 Å². The first kappa shape index (κ1) is 24.7. The van der Waals surface area contributed by atoms with Crippen molar-refractivity contribution in [3.8, 4) is 5.75 Å². The Balaban J connectivity index is 1.62. The third-order valence-corrected chi connectivity index (χ3v) is 6.19. The predicted molar refractivity (Wildman–Crippen MR) is 130 cm³/mol. The van der Waals surface area contributed by atoms with Crippen LogP contribution in [-0.2, 0) is 21.4 Å². The fourth-order valence-electron chi connectivity index (χ4n) is 2.99. The molecule has 3 aromatic rings. The molecule has 3 rings (SSSR count). The summed E-state index contributed by atoms with van der Waals surface area (Å²) >= 11 is 0. The number of amides is 2. The number of nitrogens with one attached hydrogen (secondary N) is 2. The Kier molecular flexibility index (Phi) is 7.85. The molecular weight excluding hydrogens is 456 g/mol. The third kappa shape index (κ3) is 6.55. The zero-order valence-electron chi connectivity index (χ0n) is 19.1. The molecule has 0 aliphatic rings. The van der Waals surface area contributed by atoms with E-state index in [1.165, 1.54) is 7.05 Å². The third-order valence-electron chi connectivity index (χ3n) is 4.99. The van der Waals surface area contributed by atoms with Crippen molar-refractivity contribution in [2.45, 2.75) is 19.6 Å². The molecule has 0 bridgehead atoms. The second-order valence-corrected chi connectivity index (χ2v) is 9.58. The molecule has 2 N–H and O–H groups in total. The van der Waals surface area contributed by atoms with E-state index < -0.39 is 22.0 Å². The Bertz CT molecular complexity index is 1250. The van der Waals surface area contributed by atoms with Crippen LogP contribution in [0.3, 0.4) is 0 Å². The van der Waals surface area contributed by atoms with Crippen LogP contribution < -0.4 is 19.7 Å². The van der Waals surface area contributed by atoms with Gasteiger partial charge in [-0.1, -0.05) is 18.2 Å². The van der Waals surface area contributed by atoms with Crippen LogP contribution >= 0.6 is 0 Å². The molecule has 9 nitrogen and oxygen atoms in total. The highest BCUT2D eigenvalue weighted by atomic mass is 32.2. The maximum absolute atomic E-state index is 12.7. The fourth-order valence-corrected chi connectivity index (χ4v) is 3.49. The van der Waals surface area contributed by atoms with Crippen LogP contribution in [-0.4, -0.2) is 44.6 Å². The van der Waals surface area contributed by atoms with Crippen LogP contribution in [0.4, 0.5) is 11.4 Å². The molecule has 1 atom stereocenters. The number of anilines is 2. The van der Waals surface area contributed by atoms with Gasteiger partial charge in [-0.3, -0.25) is 18.9 Å². The minimum absolute atomic E-state index is 0.305. The number of hydrogen-bond acceptors (Lipinski definition) is 6. The number of carbonyl (C=O) groups excluding carboxylic acids is 2. The van der Waals surface area contributed by atoms with Crippen molar-refractivity contribution in [3.05, 3.63) is 84.2 Å². The average Bonchev–Trinajstić information content (AvgIpc) is 2.83. The molecule has 0 radical (unpaired) electrons. The molecular formula is C24H26N4O5S. The van der Waals surface area contributed by atoms with Crippen molar-refractivity contribution in [1.29, 1.82) is 0 Å². The van der Waals surface area contributed by atoms with Gasteiger partial charge in [-0.15, -0.1) is 0 Å². The van der Waals surface area contributed by atoms with Gasteiger partial charge < -0.3 is 15.4 Å². The number of carbonyl (C=O) groups is 2. The normalized spacial score (nSPS) is 11.9. The van der Waals surface area contributed by atoms with Crippen molar-refractivity contribution in [2.24, 2.45) is 0 Å². The number of aromatic nitrogens is 1. The molecule has 1 aromatic heterocycles. The molecule has 0 saturated carbocycles. The SMILES string of the molecule is CC(Oc1ccc(N(C)S(C)(=O)=O)cc1)C(=O)Nc1ccccc1C(=O)NCc1cccnc1. The van der Waals surface area contributed by atoms with Gasteiger partial charge in [0.25, 0.3) is 11.8 Å². The van der Waals surface area contributed by atoms with Crippen LogP contribution in [0.5, 0.6) is 5.75 Å². The fraction of sp³-hybridized carbons (Fsp3) is 0.208. The van der Waals surface area contributed by atoms with Crippen molar-refractivity contribution < 1.29 is 22.7 Å². The van der Waals surface area contributed by atoms with Crippen LogP contribution in [0.15, 0.2) is 73.1 Å².